The van der Waals surface area contributed by atoms with Gasteiger partial charge in [-0.05, 0) is 51.5 Å². The van der Waals surface area contributed by atoms with Crippen LogP contribution in [0, 0.1) is 6.92 Å². The van der Waals surface area contributed by atoms with E-state index in [-0.39, 0.29) is 23.5 Å². The second kappa shape index (κ2) is 8.37. The quantitative estimate of drug-likeness (QED) is 0.745. The van der Waals surface area contributed by atoms with Crippen LogP contribution in [0.1, 0.15) is 54.7 Å². The highest BCUT2D eigenvalue weighted by molar-refractivity contribution is 7.91. The van der Waals surface area contributed by atoms with Crippen molar-refractivity contribution in [1.82, 2.24) is 15.3 Å². The summed E-state index contributed by atoms with van der Waals surface area (Å²) in [5.74, 6) is 0.483. The first-order valence-corrected chi connectivity index (χ1v) is 11.4. The van der Waals surface area contributed by atoms with Gasteiger partial charge in [-0.25, -0.2) is 18.4 Å². The van der Waals surface area contributed by atoms with Gasteiger partial charge in [0.15, 0.2) is 9.84 Å². The zero-order valence-electron chi connectivity index (χ0n) is 16.1. The van der Waals surface area contributed by atoms with E-state index in [2.05, 4.69) is 21.4 Å². The molecule has 0 saturated carbocycles. The molecular weight excluding hydrogens is 364 g/mol. The van der Waals surface area contributed by atoms with Crippen LogP contribution in [0.25, 0.3) is 0 Å². The van der Waals surface area contributed by atoms with Gasteiger partial charge < -0.3 is 10.2 Å². The number of aromatic nitrogens is 2. The van der Waals surface area contributed by atoms with E-state index < -0.39 is 9.84 Å². The number of carbonyl (C=O) groups is 1. The molecule has 1 aliphatic carbocycles. The number of hydrogen-bond acceptors (Lipinski definition) is 6. The van der Waals surface area contributed by atoms with E-state index in [0.29, 0.717) is 30.3 Å². The van der Waals surface area contributed by atoms with Crippen LogP contribution in [0.2, 0.25) is 0 Å². The number of sulfone groups is 1. The van der Waals surface area contributed by atoms with E-state index in [0.717, 1.165) is 19.3 Å². The molecule has 148 valence electrons. The Labute approximate surface area is 161 Å². The average molecular weight is 393 g/mol. The highest BCUT2D eigenvalue weighted by Gasteiger charge is 2.32. The molecule has 1 aromatic heterocycles. The fourth-order valence-corrected chi connectivity index (χ4v) is 5.40. The number of rotatable bonds is 6. The van der Waals surface area contributed by atoms with E-state index in [4.69, 9.17) is 0 Å². The predicted molar refractivity (Wildman–Crippen MR) is 106 cm³/mol. The molecule has 0 aromatic carbocycles. The number of amides is 1. The first-order valence-electron chi connectivity index (χ1n) is 9.59. The third-order valence-electron chi connectivity index (χ3n) is 5.26. The normalized spacial score (nSPS) is 21.6. The van der Waals surface area contributed by atoms with Crippen molar-refractivity contribution in [2.24, 2.45) is 0 Å². The first-order chi connectivity index (χ1) is 12.8. The lowest BCUT2D eigenvalue weighted by atomic mass is 9.97. The van der Waals surface area contributed by atoms with Crippen molar-refractivity contribution in [2.45, 2.75) is 51.5 Å². The van der Waals surface area contributed by atoms with Gasteiger partial charge in [0.2, 0.25) is 5.95 Å². The van der Waals surface area contributed by atoms with E-state index in [1.807, 2.05) is 6.92 Å². The number of allylic oxidation sites excluding steroid dienone is 1. The van der Waals surface area contributed by atoms with Crippen LogP contribution < -0.4 is 10.2 Å². The van der Waals surface area contributed by atoms with E-state index in [9.17, 15) is 13.2 Å². The molecule has 2 aliphatic rings. The monoisotopic (exact) mass is 392 g/mol. The van der Waals surface area contributed by atoms with Gasteiger partial charge >= 0.3 is 0 Å². The molecule has 1 unspecified atom stereocenters. The van der Waals surface area contributed by atoms with Crippen molar-refractivity contribution < 1.29 is 13.2 Å². The molecule has 1 N–H and O–H groups in total. The lowest BCUT2D eigenvalue weighted by molar-refractivity contribution is 0.0949. The summed E-state index contributed by atoms with van der Waals surface area (Å²) in [6, 6.07) is 1.52. The second-order valence-electron chi connectivity index (χ2n) is 7.48. The van der Waals surface area contributed by atoms with Gasteiger partial charge in [-0.15, -0.1) is 0 Å². The molecule has 1 amide bonds. The maximum Gasteiger partial charge on any atom is 0.270 e. The van der Waals surface area contributed by atoms with Crippen LogP contribution in [0.5, 0.6) is 0 Å². The van der Waals surface area contributed by atoms with Gasteiger partial charge in [0.25, 0.3) is 5.91 Å². The predicted octanol–water partition coefficient (Wildman–Crippen LogP) is 2.03. The van der Waals surface area contributed by atoms with Crippen LogP contribution in [0.3, 0.4) is 0 Å². The Hall–Kier alpha value is -1.96. The molecule has 2 heterocycles. The Bertz CT molecular complexity index is 835. The molecular formula is C19H28N4O3S. The maximum atomic E-state index is 12.5. The Balaban J connectivity index is 1.63. The fourth-order valence-electron chi connectivity index (χ4n) is 3.63. The molecule has 27 heavy (non-hydrogen) atoms. The minimum Gasteiger partial charge on any atom is -0.350 e. The summed E-state index contributed by atoms with van der Waals surface area (Å²) in [7, 11) is -1.20. The van der Waals surface area contributed by atoms with E-state index >= 15 is 0 Å². The van der Waals surface area contributed by atoms with Gasteiger partial charge in [-0.1, -0.05) is 11.6 Å². The summed E-state index contributed by atoms with van der Waals surface area (Å²) in [6.45, 7) is 2.41. The molecule has 0 spiro atoms. The van der Waals surface area contributed by atoms with E-state index in [1.54, 1.807) is 18.0 Å². The molecule has 7 nitrogen and oxygen atoms in total. The Morgan fingerprint density at radius 1 is 1.33 bits per heavy atom. The smallest absolute Gasteiger partial charge is 0.270 e. The topological polar surface area (TPSA) is 92.3 Å². The molecule has 0 radical (unpaired) electrons. The third-order valence-corrected chi connectivity index (χ3v) is 7.01. The molecule has 0 bridgehead atoms. The largest absolute Gasteiger partial charge is 0.350 e. The molecule has 1 aromatic rings. The van der Waals surface area contributed by atoms with Crippen molar-refractivity contribution in [2.75, 3.05) is 30.0 Å². The zero-order valence-corrected chi connectivity index (χ0v) is 16.9. The van der Waals surface area contributed by atoms with Gasteiger partial charge in [0.05, 0.1) is 11.5 Å². The Kier molecular flexibility index (Phi) is 6.14. The number of anilines is 1. The van der Waals surface area contributed by atoms with Gasteiger partial charge in [0, 0.05) is 25.3 Å². The lowest BCUT2D eigenvalue weighted by Gasteiger charge is -2.23. The SMILES string of the molecule is Cc1cc(C(=O)NCCC2=CCCCC2)nc(N(C)C2CCS(=O)(=O)C2)n1. The molecule has 3 rings (SSSR count). The highest BCUT2D eigenvalue weighted by atomic mass is 32.2. The average Bonchev–Trinajstić information content (AvgIpc) is 3.01. The number of nitrogens with one attached hydrogen (secondary N) is 1. The van der Waals surface area contributed by atoms with Gasteiger partial charge in [-0.3, -0.25) is 4.79 Å². The molecule has 1 aliphatic heterocycles. The minimum atomic E-state index is -2.99. The summed E-state index contributed by atoms with van der Waals surface area (Å²) in [4.78, 5) is 23.1. The van der Waals surface area contributed by atoms with Crippen molar-refractivity contribution >= 4 is 21.7 Å². The Morgan fingerprint density at radius 3 is 2.81 bits per heavy atom. The summed E-state index contributed by atoms with van der Waals surface area (Å²) >= 11 is 0. The number of carbonyl (C=O) groups excluding carboxylic acids is 1. The van der Waals surface area contributed by atoms with Crippen LogP contribution in [-0.4, -0.2) is 55.4 Å². The van der Waals surface area contributed by atoms with Crippen LogP contribution in [0.4, 0.5) is 5.95 Å². The van der Waals surface area contributed by atoms with Gasteiger partial charge in [0.1, 0.15) is 5.69 Å². The standard InChI is InChI=1S/C19H28N4O3S/c1-14-12-17(18(24)20-10-8-15-6-4-3-5-7-15)22-19(21-14)23(2)16-9-11-27(25,26)13-16/h6,12,16H,3-5,7-11,13H2,1-2H3,(H,20,24). The summed E-state index contributed by atoms with van der Waals surface area (Å²) in [6.07, 6.45) is 8.48. The summed E-state index contributed by atoms with van der Waals surface area (Å²) < 4.78 is 23.5. The van der Waals surface area contributed by atoms with E-state index in [1.165, 1.54) is 18.4 Å². The molecule has 8 heteroatoms. The van der Waals surface area contributed by atoms with Crippen LogP contribution in [0.15, 0.2) is 17.7 Å². The first kappa shape index (κ1) is 19.8. The lowest BCUT2D eigenvalue weighted by Crippen LogP contribution is -2.35. The second-order valence-corrected chi connectivity index (χ2v) is 9.71. The van der Waals surface area contributed by atoms with Crippen molar-refractivity contribution in [3.8, 4) is 0 Å². The van der Waals surface area contributed by atoms with Gasteiger partial charge in [-0.2, -0.15) is 0 Å². The highest BCUT2D eigenvalue weighted by Crippen LogP contribution is 2.21. The van der Waals surface area contributed by atoms with Crippen LogP contribution in [-0.2, 0) is 9.84 Å². The maximum absolute atomic E-state index is 12.5. The number of nitrogens with zero attached hydrogens (tertiary/aromatic N) is 3. The fraction of sp³-hybridized carbons (Fsp3) is 0.632. The Morgan fingerprint density at radius 2 is 2.15 bits per heavy atom. The number of hydrogen-bond donors (Lipinski definition) is 1. The summed E-state index contributed by atoms with van der Waals surface area (Å²) in [5, 5.41) is 2.94. The molecule has 1 saturated heterocycles. The zero-order chi connectivity index (χ0) is 19.4. The third kappa shape index (κ3) is 5.28. The number of aryl methyl sites for hydroxylation is 1. The molecule has 1 fully saturated rings. The molecule has 1 atom stereocenters. The summed E-state index contributed by atoms with van der Waals surface area (Å²) in [5.41, 5.74) is 2.43. The van der Waals surface area contributed by atoms with Crippen molar-refractivity contribution in [3.05, 3.63) is 29.1 Å². The van der Waals surface area contributed by atoms with Crippen LogP contribution >= 0.6 is 0 Å². The van der Waals surface area contributed by atoms with Crippen molar-refractivity contribution in [1.29, 1.82) is 0 Å². The van der Waals surface area contributed by atoms with Crippen molar-refractivity contribution in [3.63, 3.8) is 0 Å². The minimum absolute atomic E-state index is 0.109.